The van der Waals surface area contributed by atoms with Crippen LogP contribution in [0.15, 0.2) is 57.4 Å². The molecule has 0 fully saturated rings. The van der Waals surface area contributed by atoms with Crippen LogP contribution in [0, 0.1) is 20.8 Å². The van der Waals surface area contributed by atoms with E-state index in [1.807, 2.05) is 38.1 Å². The first-order valence-electron chi connectivity index (χ1n) is 7.53. The summed E-state index contributed by atoms with van der Waals surface area (Å²) in [6.07, 6.45) is 0. The largest absolute Gasteiger partial charge is 0.464 e. The Morgan fingerprint density at radius 2 is 1.27 bits per heavy atom. The first-order chi connectivity index (χ1) is 10.6. The molecule has 0 radical (unpaired) electrons. The van der Waals surface area contributed by atoms with Gasteiger partial charge in [0.05, 0.1) is 13.1 Å². The lowest BCUT2D eigenvalue weighted by molar-refractivity contribution is 0.455. The van der Waals surface area contributed by atoms with E-state index >= 15 is 0 Å². The highest BCUT2D eigenvalue weighted by Crippen LogP contribution is 2.25. The number of benzene rings is 1. The molecule has 0 unspecified atom stereocenters. The molecule has 3 heteroatoms. The van der Waals surface area contributed by atoms with E-state index < -0.39 is 0 Å². The monoisotopic (exact) mass is 295 g/mol. The summed E-state index contributed by atoms with van der Waals surface area (Å²) in [4.78, 5) is 2.28. The summed E-state index contributed by atoms with van der Waals surface area (Å²) >= 11 is 0. The molecule has 0 spiro atoms. The highest BCUT2D eigenvalue weighted by molar-refractivity contribution is 5.53. The van der Waals surface area contributed by atoms with Crippen molar-refractivity contribution in [2.45, 2.75) is 33.9 Å². The van der Waals surface area contributed by atoms with E-state index in [1.165, 1.54) is 11.3 Å². The van der Waals surface area contributed by atoms with Crippen molar-refractivity contribution in [2.75, 3.05) is 4.90 Å². The van der Waals surface area contributed by atoms with Crippen molar-refractivity contribution in [2.24, 2.45) is 0 Å². The molecule has 0 aliphatic rings. The van der Waals surface area contributed by atoms with Crippen LogP contribution in [0.2, 0.25) is 0 Å². The lowest BCUT2D eigenvalue weighted by Gasteiger charge is -2.24. The highest BCUT2D eigenvalue weighted by Gasteiger charge is 2.14. The van der Waals surface area contributed by atoms with E-state index in [2.05, 4.69) is 36.1 Å². The maximum atomic E-state index is 5.75. The maximum Gasteiger partial charge on any atom is 0.123 e. The van der Waals surface area contributed by atoms with Crippen molar-refractivity contribution in [1.29, 1.82) is 0 Å². The zero-order chi connectivity index (χ0) is 15.5. The summed E-state index contributed by atoms with van der Waals surface area (Å²) in [5.41, 5.74) is 2.44. The van der Waals surface area contributed by atoms with Gasteiger partial charge in [-0.15, -0.1) is 0 Å². The Morgan fingerprint density at radius 1 is 0.727 bits per heavy atom. The number of nitrogens with zero attached hydrogens (tertiary/aromatic N) is 1. The quantitative estimate of drug-likeness (QED) is 0.663. The molecule has 0 amide bonds. The molecule has 3 rings (SSSR count). The number of para-hydroxylation sites is 1. The first-order valence-corrected chi connectivity index (χ1v) is 7.53. The van der Waals surface area contributed by atoms with Crippen LogP contribution in [0.1, 0.15) is 28.6 Å². The second-order valence-corrected chi connectivity index (χ2v) is 5.67. The van der Waals surface area contributed by atoms with Crippen molar-refractivity contribution >= 4 is 5.69 Å². The van der Waals surface area contributed by atoms with Crippen LogP contribution in [-0.2, 0) is 13.1 Å². The minimum atomic E-state index is 0.721. The van der Waals surface area contributed by atoms with Gasteiger partial charge >= 0.3 is 0 Å². The van der Waals surface area contributed by atoms with E-state index in [1.54, 1.807) is 0 Å². The smallest absolute Gasteiger partial charge is 0.123 e. The number of hydrogen-bond acceptors (Lipinski definition) is 3. The molecule has 0 bridgehead atoms. The van der Waals surface area contributed by atoms with E-state index in [9.17, 15) is 0 Å². The van der Waals surface area contributed by atoms with Gasteiger partial charge < -0.3 is 13.7 Å². The molecule has 114 valence electrons. The summed E-state index contributed by atoms with van der Waals surface area (Å²) in [6.45, 7) is 7.51. The van der Waals surface area contributed by atoms with Crippen LogP contribution >= 0.6 is 0 Å². The van der Waals surface area contributed by atoms with Crippen LogP contribution in [0.25, 0.3) is 0 Å². The van der Waals surface area contributed by atoms with Crippen LogP contribution < -0.4 is 4.90 Å². The van der Waals surface area contributed by atoms with Crippen molar-refractivity contribution in [3.05, 3.63) is 77.1 Å². The molecule has 2 heterocycles. The predicted molar refractivity (Wildman–Crippen MR) is 88.0 cm³/mol. The number of anilines is 1. The van der Waals surface area contributed by atoms with Gasteiger partial charge in [-0.2, -0.15) is 0 Å². The van der Waals surface area contributed by atoms with E-state index in [0.29, 0.717) is 0 Å². The molecular weight excluding hydrogens is 274 g/mol. The standard InChI is InChI=1S/C19H21NO2/c1-14-6-4-5-7-19(14)20(12-17-10-8-15(2)21-17)13-18-11-9-16(3)22-18/h4-11H,12-13H2,1-3H3. The molecule has 0 N–H and O–H groups in total. The SMILES string of the molecule is Cc1ccc(CN(Cc2ccc(C)o2)c2ccccc2C)o1. The third-order valence-electron chi connectivity index (χ3n) is 3.74. The van der Waals surface area contributed by atoms with E-state index in [-0.39, 0.29) is 0 Å². The van der Waals surface area contributed by atoms with E-state index in [4.69, 9.17) is 8.83 Å². The normalized spacial score (nSPS) is 10.9. The first kappa shape index (κ1) is 14.5. The molecule has 1 aromatic carbocycles. The molecule has 3 nitrogen and oxygen atoms in total. The zero-order valence-electron chi connectivity index (χ0n) is 13.3. The summed E-state index contributed by atoms with van der Waals surface area (Å²) < 4.78 is 11.5. The molecule has 0 atom stereocenters. The Bertz CT molecular complexity index is 712. The highest BCUT2D eigenvalue weighted by atomic mass is 16.3. The Morgan fingerprint density at radius 3 is 1.73 bits per heavy atom. The Kier molecular flexibility index (Phi) is 4.05. The minimum Gasteiger partial charge on any atom is -0.464 e. The van der Waals surface area contributed by atoms with Gasteiger partial charge in [-0.05, 0) is 56.7 Å². The fourth-order valence-corrected chi connectivity index (χ4v) is 2.66. The maximum absolute atomic E-state index is 5.75. The number of hydrogen-bond donors (Lipinski definition) is 0. The number of aryl methyl sites for hydroxylation is 3. The molecule has 0 aliphatic carbocycles. The lowest BCUT2D eigenvalue weighted by Crippen LogP contribution is -2.22. The van der Waals surface area contributed by atoms with Crippen molar-refractivity contribution in [1.82, 2.24) is 0 Å². The van der Waals surface area contributed by atoms with Crippen LogP contribution in [0.5, 0.6) is 0 Å². The van der Waals surface area contributed by atoms with Gasteiger partial charge in [0.15, 0.2) is 0 Å². The van der Waals surface area contributed by atoms with Crippen LogP contribution in [-0.4, -0.2) is 0 Å². The van der Waals surface area contributed by atoms with Crippen molar-refractivity contribution in [3.63, 3.8) is 0 Å². The fraction of sp³-hybridized carbons (Fsp3) is 0.263. The second-order valence-electron chi connectivity index (χ2n) is 5.67. The predicted octanol–water partition coefficient (Wildman–Crippen LogP) is 5.00. The second kappa shape index (κ2) is 6.14. The summed E-state index contributed by atoms with van der Waals surface area (Å²) in [5, 5.41) is 0. The molecule has 0 saturated carbocycles. The molecule has 3 aromatic rings. The Balaban J connectivity index is 1.89. The molecule has 0 saturated heterocycles. The minimum absolute atomic E-state index is 0.721. The van der Waals surface area contributed by atoms with Gasteiger partial charge in [-0.1, -0.05) is 18.2 Å². The van der Waals surface area contributed by atoms with Crippen LogP contribution in [0.3, 0.4) is 0 Å². The van der Waals surface area contributed by atoms with Crippen molar-refractivity contribution < 1.29 is 8.83 Å². The molecule has 0 aliphatic heterocycles. The summed E-state index contributed by atoms with van der Waals surface area (Å²) in [6, 6.07) is 16.5. The number of furan rings is 2. The van der Waals surface area contributed by atoms with Gasteiger partial charge in [0.25, 0.3) is 0 Å². The summed E-state index contributed by atoms with van der Waals surface area (Å²) in [7, 11) is 0. The molecule has 22 heavy (non-hydrogen) atoms. The Labute approximate surface area is 131 Å². The van der Waals surface area contributed by atoms with Crippen molar-refractivity contribution in [3.8, 4) is 0 Å². The Hall–Kier alpha value is -2.42. The third-order valence-corrected chi connectivity index (χ3v) is 3.74. The van der Waals surface area contributed by atoms with Gasteiger partial charge in [0, 0.05) is 5.69 Å². The fourth-order valence-electron chi connectivity index (χ4n) is 2.66. The molecule has 2 aromatic heterocycles. The third kappa shape index (κ3) is 3.25. The average molecular weight is 295 g/mol. The van der Waals surface area contributed by atoms with E-state index in [0.717, 1.165) is 36.1 Å². The molecular formula is C19H21NO2. The summed E-state index contributed by atoms with van der Waals surface area (Å²) in [5.74, 6) is 3.80. The van der Waals surface area contributed by atoms with Gasteiger partial charge in [-0.25, -0.2) is 0 Å². The van der Waals surface area contributed by atoms with Gasteiger partial charge in [-0.3, -0.25) is 0 Å². The zero-order valence-corrected chi connectivity index (χ0v) is 13.3. The van der Waals surface area contributed by atoms with Gasteiger partial charge in [0.1, 0.15) is 23.0 Å². The van der Waals surface area contributed by atoms with Crippen LogP contribution in [0.4, 0.5) is 5.69 Å². The lowest BCUT2D eigenvalue weighted by atomic mass is 10.1. The topological polar surface area (TPSA) is 29.5 Å². The number of rotatable bonds is 5. The van der Waals surface area contributed by atoms with Gasteiger partial charge in [0.2, 0.25) is 0 Å². The average Bonchev–Trinajstić information content (AvgIpc) is 3.08.